The van der Waals surface area contributed by atoms with E-state index in [2.05, 4.69) is 0 Å². The molecule has 20 heavy (non-hydrogen) atoms. The van der Waals surface area contributed by atoms with Crippen molar-refractivity contribution in [3.63, 3.8) is 0 Å². The third kappa shape index (κ3) is 3.38. The predicted molar refractivity (Wildman–Crippen MR) is 80.7 cm³/mol. The van der Waals surface area contributed by atoms with Crippen LogP contribution in [-0.2, 0) is 4.74 Å². The molecule has 3 heteroatoms. The molecule has 0 fully saturated rings. The van der Waals surface area contributed by atoms with E-state index in [4.69, 9.17) is 15.2 Å². The van der Waals surface area contributed by atoms with Crippen LogP contribution in [0.4, 0.5) is 0 Å². The van der Waals surface area contributed by atoms with Gasteiger partial charge in [0.25, 0.3) is 0 Å². The molecule has 0 radical (unpaired) electrons. The Balaban J connectivity index is 2.28. The van der Waals surface area contributed by atoms with Crippen molar-refractivity contribution in [2.75, 3.05) is 13.7 Å². The summed E-state index contributed by atoms with van der Waals surface area (Å²) in [5.41, 5.74) is 8.49. The first-order chi connectivity index (χ1) is 9.76. The number of methoxy groups -OCH3 is 1. The second-order valence-electron chi connectivity index (χ2n) is 4.59. The standard InChI is InChI=1S/C17H21NO2/c1-3-20-17(13-8-5-4-6-9-13)16(18)14-10-7-11-15(12-14)19-2/h4-12,16-17H,3,18H2,1-2H3. The highest BCUT2D eigenvalue weighted by molar-refractivity contribution is 5.32. The van der Waals surface area contributed by atoms with Crippen LogP contribution < -0.4 is 10.5 Å². The zero-order valence-electron chi connectivity index (χ0n) is 12.0. The summed E-state index contributed by atoms with van der Waals surface area (Å²) in [5, 5.41) is 0. The first-order valence-electron chi connectivity index (χ1n) is 6.82. The van der Waals surface area contributed by atoms with Gasteiger partial charge in [0.1, 0.15) is 11.9 Å². The summed E-state index contributed by atoms with van der Waals surface area (Å²) < 4.78 is 11.1. The van der Waals surface area contributed by atoms with Crippen LogP contribution in [0.2, 0.25) is 0 Å². The molecule has 106 valence electrons. The molecule has 0 aromatic heterocycles. The number of benzene rings is 2. The minimum atomic E-state index is -0.229. The van der Waals surface area contributed by atoms with Crippen LogP contribution in [0.15, 0.2) is 54.6 Å². The van der Waals surface area contributed by atoms with Crippen LogP contribution in [0.25, 0.3) is 0 Å². The molecule has 0 bridgehead atoms. The molecule has 3 nitrogen and oxygen atoms in total. The molecule has 2 rings (SSSR count). The molecule has 0 aliphatic rings. The lowest BCUT2D eigenvalue weighted by molar-refractivity contribution is 0.0429. The second-order valence-corrected chi connectivity index (χ2v) is 4.59. The number of nitrogens with two attached hydrogens (primary N) is 1. The zero-order chi connectivity index (χ0) is 14.4. The molecule has 2 unspecified atom stereocenters. The van der Waals surface area contributed by atoms with Crippen molar-refractivity contribution in [2.45, 2.75) is 19.1 Å². The quantitative estimate of drug-likeness (QED) is 0.875. The Bertz CT molecular complexity index is 528. The predicted octanol–water partition coefficient (Wildman–Crippen LogP) is 3.47. The molecule has 0 amide bonds. The van der Waals surface area contributed by atoms with Crippen LogP contribution in [0.1, 0.15) is 30.2 Å². The highest BCUT2D eigenvalue weighted by Crippen LogP contribution is 2.31. The molecule has 0 spiro atoms. The number of hydrogen-bond acceptors (Lipinski definition) is 3. The van der Waals surface area contributed by atoms with Crippen molar-refractivity contribution in [3.8, 4) is 5.75 Å². The molecule has 0 aliphatic carbocycles. The van der Waals surface area contributed by atoms with Gasteiger partial charge in [0.05, 0.1) is 13.2 Å². The van der Waals surface area contributed by atoms with Gasteiger partial charge in [0.15, 0.2) is 0 Å². The second kappa shape index (κ2) is 7.08. The topological polar surface area (TPSA) is 44.5 Å². The molecule has 2 aromatic rings. The Labute approximate surface area is 120 Å². The molecule has 0 heterocycles. The SMILES string of the molecule is CCOC(c1ccccc1)C(N)c1cccc(OC)c1. The summed E-state index contributed by atoms with van der Waals surface area (Å²) in [6.07, 6.45) is -0.159. The summed E-state index contributed by atoms with van der Waals surface area (Å²) in [7, 11) is 1.65. The van der Waals surface area contributed by atoms with Crippen molar-refractivity contribution in [3.05, 3.63) is 65.7 Å². The van der Waals surface area contributed by atoms with Gasteiger partial charge < -0.3 is 15.2 Å². The number of hydrogen-bond donors (Lipinski definition) is 1. The van der Waals surface area contributed by atoms with Crippen molar-refractivity contribution in [1.29, 1.82) is 0 Å². The van der Waals surface area contributed by atoms with E-state index in [0.29, 0.717) is 6.61 Å². The Morgan fingerprint density at radius 3 is 2.35 bits per heavy atom. The van der Waals surface area contributed by atoms with Crippen LogP contribution in [0.5, 0.6) is 5.75 Å². The van der Waals surface area contributed by atoms with Crippen LogP contribution in [0.3, 0.4) is 0 Å². The summed E-state index contributed by atoms with van der Waals surface area (Å²) in [5.74, 6) is 0.807. The number of ether oxygens (including phenoxy) is 2. The van der Waals surface area contributed by atoms with Gasteiger partial charge >= 0.3 is 0 Å². The van der Waals surface area contributed by atoms with Gasteiger partial charge in [-0.25, -0.2) is 0 Å². The summed E-state index contributed by atoms with van der Waals surface area (Å²) in [4.78, 5) is 0. The maximum absolute atomic E-state index is 6.40. The average Bonchev–Trinajstić information content (AvgIpc) is 2.53. The van der Waals surface area contributed by atoms with Crippen molar-refractivity contribution < 1.29 is 9.47 Å². The third-order valence-corrected chi connectivity index (χ3v) is 3.28. The Morgan fingerprint density at radius 1 is 1.00 bits per heavy atom. The minimum absolute atomic E-state index is 0.159. The molecule has 2 atom stereocenters. The van der Waals surface area contributed by atoms with Gasteiger partial charge in [0, 0.05) is 6.61 Å². The van der Waals surface area contributed by atoms with E-state index >= 15 is 0 Å². The summed E-state index contributed by atoms with van der Waals surface area (Å²) in [6, 6.07) is 17.7. The lowest BCUT2D eigenvalue weighted by atomic mass is 9.96. The zero-order valence-corrected chi connectivity index (χ0v) is 12.0. The molecule has 0 saturated carbocycles. The molecule has 0 aliphatic heterocycles. The van der Waals surface area contributed by atoms with Gasteiger partial charge in [-0.3, -0.25) is 0 Å². The summed E-state index contributed by atoms with van der Waals surface area (Å²) >= 11 is 0. The maximum atomic E-state index is 6.40. The lowest BCUT2D eigenvalue weighted by Crippen LogP contribution is -2.22. The maximum Gasteiger partial charge on any atom is 0.119 e. The van der Waals surface area contributed by atoms with Gasteiger partial charge in [-0.05, 0) is 30.2 Å². The van der Waals surface area contributed by atoms with E-state index in [1.165, 1.54) is 0 Å². The molecule has 0 saturated heterocycles. The van der Waals surface area contributed by atoms with Crippen molar-refractivity contribution in [2.24, 2.45) is 5.73 Å². The highest BCUT2D eigenvalue weighted by Gasteiger charge is 2.22. The molecule has 2 aromatic carbocycles. The number of rotatable bonds is 6. The van der Waals surface area contributed by atoms with Gasteiger partial charge in [-0.15, -0.1) is 0 Å². The first kappa shape index (κ1) is 14.6. The highest BCUT2D eigenvalue weighted by atomic mass is 16.5. The smallest absolute Gasteiger partial charge is 0.119 e. The van der Waals surface area contributed by atoms with E-state index in [0.717, 1.165) is 16.9 Å². The fraction of sp³-hybridized carbons (Fsp3) is 0.294. The molecular weight excluding hydrogens is 250 g/mol. The van der Waals surface area contributed by atoms with Crippen molar-refractivity contribution in [1.82, 2.24) is 0 Å². The molecular formula is C17H21NO2. The Kier molecular flexibility index (Phi) is 5.16. The Hall–Kier alpha value is -1.84. The average molecular weight is 271 g/mol. The minimum Gasteiger partial charge on any atom is -0.497 e. The van der Waals surface area contributed by atoms with Crippen LogP contribution in [-0.4, -0.2) is 13.7 Å². The van der Waals surface area contributed by atoms with Gasteiger partial charge in [-0.2, -0.15) is 0 Å². The van der Waals surface area contributed by atoms with Gasteiger partial charge in [0.2, 0.25) is 0 Å². The first-order valence-corrected chi connectivity index (χ1v) is 6.82. The monoisotopic (exact) mass is 271 g/mol. The Morgan fingerprint density at radius 2 is 1.70 bits per heavy atom. The lowest BCUT2D eigenvalue weighted by Gasteiger charge is -2.25. The van der Waals surface area contributed by atoms with Crippen LogP contribution in [0, 0.1) is 0 Å². The largest absolute Gasteiger partial charge is 0.497 e. The third-order valence-electron chi connectivity index (χ3n) is 3.28. The van der Waals surface area contributed by atoms with E-state index in [-0.39, 0.29) is 12.1 Å². The van der Waals surface area contributed by atoms with Gasteiger partial charge in [-0.1, -0.05) is 42.5 Å². The van der Waals surface area contributed by atoms with E-state index in [1.54, 1.807) is 7.11 Å². The van der Waals surface area contributed by atoms with Crippen molar-refractivity contribution >= 4 is 0 Å². The van der Waals surface area contributed by atoms with E-state index < -0.39 is 0 Å². The fourth-order valence-electron chi connectivity index (χ4n) is 2.25. The fourth-order valence-corrected chi connectivity index (χ4v) is 2.25. The van der Waals surface area contributed by atoms with E-state index in [1.807, 2.05) is 61.5 Å². The van der Waals surface area contributed by atoms with Crippen LogP contribution >= 0.6 is 0 Å². The molecule has 2 N–H and O–H groups in total. The van der Waals surface area contributed by atoms with E-state index in [9.17, 15) is 0 Å². The summed E-state index contributed by atoms with van der Waals surface area (Å²) in [6.45, 7) is 2.60. The normalized spacial score (nSPS) is 13.8.